The highest BCUT2D eigenvalue weighted by molar-refractivity contribution is 5.69. The summed E-state index contributed by atoms with van der Waals surface area (Å²) in [5, 5.41) is 9.01. The number of hydrogen-bond acceptors (Lipinski definition) is 4. The van der Waals surface area contributed by atoms with Crippen molar-refractivity contribution in [2.45, 2.75) is 38.2 Å². The monoisotopic (exact) mass is 294 g/mol. The molecule has 0 spiro atoms. The van der Waals surface area contributed by atoms with Gasteiger partial charge in [0.1, 0.15) is 6.10 Å². The van der Waals surface area contributed by atoms with Gasteiger partial charge in [-0.15, -0.1) is 0 Å². The summed E-state index contributed by atoms with van der Waals surface area (Å²) in [7, 11) is 1.58. The van der Waals surface area contributed by atoms with Gasteiger partial charge < -0.3 is 19.3 Å². The smallest absolute Gasteiger partial charge is 0.304 e. The molecule has 21 heavy (non-hydrogen) atoms. The minimum Gasteiger partial charge on any atom is -0.493 e. The van der Waals surface area contributed by atoms with E-state index < -0.39 is 11.4 Å². The zero-order valence-corrected chi connectivity index (χ0v) is 12.7. The summed E-state index contributed by atoms with van der Waals surface area (Å²) in [5.74, 6) is 0.475. The third kappa shape index (κ3) is 3.88. The number of carbonyl (C=O) groups is 1. The van der Waals surface area contributed by atoms with Crippen LogP contribution in [-0.2, 0) is 14.9 Å². The van der Waals surface area contributed by atoms with Crippen LogP contribution in [0.1, 0.15) is 32.3 Å². The summed E-state index contributed by atoms with van der Waals surface area (Å²) in [5.41, 5.74) is 0.450. The van der Waals surface area contributed by atoms with Crippen LogP contribution in [-0.4, -0.2) is 37.5 Å². The van der Waals surface area contributed by atoms with E-state index in [4.69, 9.17) is 19.3 Å². The van der Waals surface area contributed by atoms with Crippen molar-refractivity contribution in [1.29, 1.82) is 0 Å². The zero-order chi connectivity index (χ0) is 15.5. The maximum atomic E-state index is 11.0. The zero-order valence-electron chi connectivity index (χ0n) is 12.7. The summed E-state index contributed by atoms with van der Waals surface area (Å²) < 4.78 is 16.6. The Hall–Kier alpha value is -1.75. The molecule has 1 aliphatic rings. The molecule has 1 unspecified atom stereocenters. The summed E-state index contributed by atoms with van der Waals surface area (Å²) >= 11 is 0. The number of carboxylic acids is 1. The fourth-order valence-corrected chi connectivity index (χ4v) is 2.45. The third-order valence-electron chi connectivity index (χ3n) is 3.72. The van der Waals surface area contributed by atoms with E-state index in [9.17, 15) is 4.79 Å². The lowest BCUT2D eigenvalue weighted by Crippen LogP contribution is -2.22. The fourth-order valence-electron chi connectivity index (χ4n) is 2.45. The maximum absolute atomic E-state index is 11.0. The SMILES string of the molecule is COc1cc(C(C)(C)CC(=O)O)ccc1OC1CCOC1. The van der Waals surface area contributed by atoms with Gasteiger partial charge in [0.15, 0.2) is 11.5 Å². The second-order valence-electron chi connectivity index (χ2n) is 5.92. The number of ether oxygens (including phenoxy) is 3. The van der Waals surface area contributed by atoms with Crippen molar-refractivity contribution in [3.8, 4) is 11.5 Å². The van der Waals surface area contributed by atoms with Crippen molar-refractivity contribution in [3.05, 3.63) is 23.8 Å². The topological polar surface area (TPSA) is 65.0 Å². The number of methoxy groups -OCH3 is 1. The number of aliphatic carboxylic acids is 1. The van der Waals surface area contributed by atoms with Crippen molar-refractivity contribution < 1.29 is 24.1 Å². The first kappa shape index (κ1) is 15.6. The van der Waals surface area contributed by atoms with Gasteiger partial charge in [0.05, 0.1) is 26.7 Å². The molecule has 1 aliphatic heterocycles. The molecule has 0 aromatic heterocycles. The van der Waals surface area contributed by atoms with E-state index in [2.05, 4.69) is 0 Å². The molecule has 0 aliphatic carbocycles. The Kier molecular flexibility index (Phi) is 4.73. The van der Waals surface area contributed by atoms with Gasteiger partial charge in [-0.05, 0) is 17.7 Å². The molecular formula is C16H22O5. The molecule has 1 N–H and O–H groups in total. The summed E-state index contributed by atoms with van der Waals surface area (Å²) in [6, 6.07) is 5.60. The fraction of sp³-hybridized carbons (Fsp3) is 0.562. The molecule has 1 heterocycles. The van der Waals surface area contributed by atoms with Crippen LogP contribution in [0.25, 0.3) is 0 Å². The second-order valence-corrected chi connectivity index (χ2v) is 5.92. The Morgan fingerprint density at radius 1 is 1.43 bits per heavy atom. The first-order valence-corrected chi connectivity index (χ1v) is 7.07. The molecule has 116 valence electrons. The average molecular weight is 294 g/mol. The number of carboxylic acid groups (broad SMARTS) is 1. The van der Waals surface area contributed by atoms with Crippen LogP contribution >= 0.6 is 0 Å². The van der Waals surface area contributed by atoms with Gasteiger partial charge in [-0.3, -0.25) is 4.79 Å². The van der Waals surface area contributed by atoms with E-state index in [0.717, 1.165) is 18.6 Å². The number of benzene rings is 1. The van der Waals surface area contributed by atoms with E-state index in [1.165, 1.54) is 0 Å². The van der Waals surface area contributed by atoms with E-state index in [0.29, 0.717) is 18.1 Å². The third-order valence-corrected chi connectivity index (χ3v) is 3.72. The van der Waals surface area contributed by atoms with Gasteiger partial charge in [-0.1, -0.05) is 19.9 Å². The molecule has 1 aromatic rings. The highest BCUT2D eigenvalue weighted by Crippen LogP contribution is 2.35. The molecule has 0 amide bonds. The molecule has 2 rings (SSSR count). The molecule has 0 bridgehead atoms. The predicted octanol–water partition coefficient (Wildman–Crippen LogP) is 2.62. The first-order chi connectivity index (χ1) is 9.92. The van der Waals surface area contributed by atoms with Crippen molar-refractivity contribution in [3.63, 3.8) is 0 Å². The molecule has 5 heteroatoms. The van der Waals surface area contributed by atoms with Crippen LogP contribution in [0.3, 0.4) is 0 Å². The summed E-state index contributed by atoms with van der Waals surface area (Å²) in [6.07, 6.45) is 0.985. The van der Waals surface area contributed by atoms with Crippen molar-refractivity contribution in [2.75, 3.05) is 20.3 Å². The lowest BCUT2D eigenvalue weighted by atomic mass is 9.81. The number of rotatable bonds is 6. The van der Waals surface area contributed by atoms with E-state index >= 15 is 0 Å². The average Bonchev–Trinajstić information content (AvgIpc) is 2.90. The molecule has 0 radical (unpaired) electrons. The van der Waals surface area contributed by atoms with Crippen molar-refractivity contribution in [2.24, 2.45) is 0 Å². The van der Waals surface area contributed by atoms with Gasteiger partial charge in [0, 0.05) is 11.8 Å². The van der Waals surface area contributed by atoms with E-state index in [1.807, 2.05) is 32.0 Å². The van der Waals surface area contributed by atoms with Crippen LogP contribution in [0.4, 0.5) is 0 Å². The quantitative estimate of drug-likeness (QED) is 0.873. The highest BCUT2D eigenvalue weighted by Gasteiger charge is 2.26. The van der Waals surface area contributed by atoms with Gasteiger partial charge in [0.2, 0.25) is 0 Å². The van der Waals surface area contributed by atoms with Crippen LogP contribution in [0.5, 0.6) is 11.5 Å². The molecule has 1 atom stereocenters. The Morgan fingerprint density at radius 2 is 2.19 bits per heavy atom. The minimum absolute atomic E-state index is 0.0526. The molecule has 5 nitrogen and oxygen atoms in total. The molecule has 1 aromatic carbocycles. The lowest BCUT2D eigenvalue weighted by molar-refractivity contribution is -0.138. The number of hydrogen-bond donors (Lipinski definition) is 1. The standard InChI is InChI=1S/C16H22O5/c1-16(2,9-15(17)18)11-4-5-13(14(8-11)19-3)21-12-6-7-20-10-12/h4-5,8,12H,6-7,9-10H2,1-3H3,(H,17,18). The van der Waals surface area contributed by atoms with Crippen LogP contribution in [0, 0.1) is 0 Å². The van der Waals surface area contributed by atoms with Gasteiger partial charge in [0.25, 0.3) is 0 Å². The van der Waals surface area contributed by atoms with Crippen LogP contribution < -0.4 is 9.47 Å². The molecular weight excluding hydrogens is 272 g/mol. The van der Waals surface area contributed by atoms with Crippen LogP contribution in [0.2, 0.25) is 0 Å². The summed E-state index contributed by atoms with van der Waals surface area (Å²) in [6.45, 7) is 5.12. The molecule has 1 fully saturated rings. The molecule has 1 saturated heterocycles. The maximum Gasteiger partial charge on any atom is 0.304 e. The normalized spacial score (nSPS) is 18.5. The largest absolute Gasteiger partial charge is 0.493 e. The van der Waals surface area contributed by atoms with Gasteiger partial charge in [-0.2, -0.15) is 0 Å². The Balaban J connectivity index is 2.20. The molecule has 0 saturated carbocycles. The van der Waals surface area contributed by atoms with Gasteiger partial charge in [-0.25, -0.2) is 0 Å². The predicted molar refractivity (Wildman–Crippen MR) is 78.1 cm³/mol. The Bertz CT molecular complexity index is 503. The van der Waals surface area contributed by atoms with Crippen molar-refractivity contribution in [1.82, 2.24) is 0 Å². The summed E-state index contributed by atoms with van der Waals surface area (Å²) in [4.78, 5) is 11.0. The van der Waals surface area contributed by atoms with E-state index in [-0.39, 0.29) is 12.5 Å². The second kappa shape index (κ2) is 6.35. The van der Waals surface area contributed by atoms with E-state index in [1.54, 1.807) is 7.11 Å². The lowest BCUT2D eigenvalue weighted by Gasteiger charge is -2.24. The Morgan fingerprint density at radius 3 is 2.76 bits per heavy atom. The van der Waals surface area contributed by atoms with Gasteiger partial charge >= 0.3 is 5.97 Å². The Labute approximate surface area is 124 Å². The minimum atomic E-state index is -0.817. The highest BCUT2D eigenvalue weighted by atomic mass is 16.6. The first-order valence-electron chi connectivity index (χ1n) is 7.07. The van der Waals surface area contributed by atoms with Crippen LogP contribution in [0.15, 0.2) is 18.2 Å². The van der Waals surface area contributed by atoms with Crippen molar-refractivity contribution >= 4 is 5.97 Å².